The van der Waals surface area contributed by atoms with Crippen LogP contribution in [0.25, 0.3) is 0 Å². The Bertz CT molecular complexity index is 1090. The van der Waals surface area contributed by atoms with Gasteiger partial charge in [0.1, 0.15) is 23.4 Å². The van der Waals surface area contributed by atoms with E-state index in [-0.39, 0.29) is 24.2 Å². The van der Waals surface area contributed by atoms with Crippen LogP contribution in [0.5, 0.6) is 5.75 Å². The van der Waals surface area contributed by atoms with E-state index >= 15 is 0 Å². The SMILES string of the molecule is CSCCC(NC(=O)OC(C)(C)C)C(=O)N(C1CCC1)C(C(=O)NCc1ccccc1)c1ccccc1O. The lowest BCUT2D eigenvalue weighted by atomic mass is 9.87. The molecule has 0 aromatic heterocycles. The van der Waals surface area contributed by atoms with Crippen molar-refractivity contribution in [3.8, 4) is 5.75 Å². The Morgan fingerprint density at radius 1 is 1.08 bits per heavy atom. The molecule has 1 aliphatic carbocycles. The molecule has 0 aliphatic heterocycles. The molecule has 1 fully saturated rings. The highest BCUT2D eigenvalue weighted by molar-refractivity contribution is 7.98. The van der Waals surface area contributed by atoms with E-state index in [0.717, 1.165) is 24.8 Å². The predicted octanol–water partition coefficient (Wildman–Crippen LogP) is 4.78. The second-order valence-corrected chi connectivity index (χ2v) is 11.5. The number of phenolic OH excluding ortho intramolecular Hbond substituents is 1. The molecule has 0 spiro atoms. The molecule has 0 heterocycles. The number of benzene rings is 2. The molecule has 206 valence electrons. The lowest BCUT2D eigenvalue weighted by Gasteiger charge is -2.43. The van der Waals surface area contributed by atoms with Crippen molar-refractivity contribution in [1.82, 2.24) is 15.5 Å². The Labute approximate surface area is 229 Å². The van der Waals surface area contributed by atoms with E-state index in [1.807, 2.05) is 36.6 Å². The highest BCUT2D eigenvalue weighted by Crippen LogP contribution is 2.37. The molecule has 1 saturated carbocycles. The van der Waals surface area contributed by atoms with Gasteiger partial charge in [0.15, 0.2) is 0 Å². The highest BCUT2D eigenvalue weighted by Gasteiger charge is 2.42. The Morgan fingerprint density at radius 2 is 1.74 bits per heavy atom. The molecular weight excluding hydrogens is 502 g/mol. The number of hydrogen-bond donors (Lipinski definition) is 3. The lowest BCUT2D eigenvalue weighted by molar-refractivity contribution is -0.147. The molecule has 1 aliphatic rings. The van der Waals surface area contributed by atoms with Crippen molar-refractivity contribution in [1.29, 1.82) is 0 Å². The third kappa shape index (κ3) is 8.15. The first-order valence-corrected chi connectivity index (χ1v) is 14.4. The molecule has 2 unspecified atom stereocenters. The molecule has 38 heavy (non-hydrogen) atoms. The summed E-state index contributed by atoms with van der Waals surface area (Å²) >= 11 is 1.56. The minimum atomic E-state index is -1.06. The topological polar surface area (TPSA) is 108 Å². The molecule has 9 heteroatoms. The summed E-state index contributed by atoms with van der Waals surface area (Å²) in [7, 11) is 0. The molecule has 0 bridgehead atoms. The lowest BCUT2D eigenvalue weighted by Crippen LogP contribution is -2.57. The van der Waals surface area contributed by atoms with Crippen LogP contribution in [-0.2, 0) is 20.9 Å². The first-order chi connectivity index (χ1) is 18.1. The third-order valence-corrected chi connectivity index (χ3v) is 7.03. The van der Waals surface area contributed by atoms with Gasteiger partial charge in [-0.25, -0.2) is 4.79 Å². The van der Waals surface area contributed by atoms with Crippen molar-refractivity contribution in [3.05, 3.63) is 65.7 Å². The van der Waals surface area contributed by atoms with Crippen molar-refractivity contribution in [2.45, 2.75) is 76.7 Å². The monoisotopic (exact) mass is 541 g/mol. The zero-order valence-electron chi connectivity index (χ0n) is 22.6. The van der Waals surface area contributed by atoms with Crippen LogP contribution >= 0.6 is 11.8 Å². The summed E-state index contributed by atoms with van der Waals surface area (Å²) in [6, 6.07) is 14.0. The first kappa shape index (κ1) is 29.4. The zero-order valence-corrected chi connectivity index (χ0v) is 23.4. The number of amides is 3. The summed E-state index contributed by atoms with van der Waals surface area (Å²) in [6.45, 7) is 5.56. The van der Waals surface area contributed by atoms with E-state index in [0.29, 0.717) is 17.7 Å². The number of aromatic hydroxyl groups is 1. The van der Waals surface area contributed by atoms with Crippen LogP contribution in [0.3, 0.4) is 0 Å². The van der Waals surface area contributed by atoms with E-state index in [1.165, 1.54) is 6.07 Å². The maximum atomic E-state index is 14.2. The van der Waals surface area contributed by atoms with Crippen molar-refractivity contribution in [2.24, 2.45) is 0 Å². The summed E-state index contributed by atoms with van der Waals surface area (Å²) in [6.07, 6.45) is 4.04. The van der Waals surface area contributed by atoms with Crippen molar-refractivity contribution >= 4 is 29.7 Å². The fraction of sp³-hybridized carbons (Fsp3) is 0.483. The van der Waals surface area contributed by atoms with E-state index < -0.39 is 29.7 Å². The fourth-order valence-electron chi connectivity index (χ4n) is 4.32. The maximum Gasteiger partial charge on any atom is 0.408 e. The highest BCUT2D eigenvalue weighted by atomic mass is 32.2. The van der Waals surface area contributed by atoms with Gasteiger partial charge in [0.05, 0.1) is 0 Å². The van der Waals surface area contributed by atoms with Crippen LogP contribution in [0.15, 0.2) is 54.6 Å². The Balaban J connectivity index is 1.95. The van der Waals surface area contributed by atoms with E-state index in [4.69, 9.17) is 4.74 Å². The number of rotatable bonds is 11. The normalized spacial score (nSPS) is 15.1. The van der Waals surface area contributed by atoms with Gasteiger partial charge in [0, 0.05) is 18.2 Å². The molecule has 3 N–H and O–H groups in total. The van der Waals surface area contributed by atoms with Crippen molar-refractivity contribution in [3.63, 3.8) is 0 Å². The quantitative estimate of drug-likeness (QED) is 0.378. The molecule has 3 amide bonds. The third-order valence-electron chi connectivity index (χ3n) is 6.39. The number of alkyl carbamates (subject to hydrolysis) is 1. The summed E-state index contributed by atoms with van der Waals surface area (Å²) in [5.41, 5.74) is 0.544. The Morgan fingerprint density at radius 3 is 2.32 bits per heavy atom. The minimum Gasteiger partial charge on any atom is -0.508 e. The fourth-order valence-corrected chi connectivity index (χ4v) is 4.79. The van der Waals surface area contributed by atoms with E-state index in [1.54, 1.807) is 55.6 Å². The smallest absolute Gasteiger partial charge is 0.408 e. The summed E-state index contributed by atoms with van der Waals surface area (Å²) in [4.78, 5) is 42.2. The van der Waals surface area contributed by atoms with Crippen molar-refractivity contribution < 1.29 is 24.2 Å². The number of thioether (sulfide) groups is 1. The Hall–Kier alpha value is -3.20. The maximum absolute atomic E-state index is 14.2. The van der Waals surface area contributed by atoms with Gasteiger partial charge in [0.25, 0.3) is 0 Å². The number of hydrogen-bond acceptors (Lipinski definition) is 6. The molecule has 2 aromatic carbocycles. The standard InChI is InChI=1S/C29H39N3O5S/c1-29(2,3)37-28(36)31-23(17-18-38-4)27(35)32(21-13-10-14-21)25(22-15-8-9-16-24(22)33)26(34)30-19-20-11-6-5-7-12-20/h5-9,11-12,15-16,21,23,25,33H,10,13-14,17-19H2,1-4H3,(H,30,34)(H,31,36). The number of nitrogens with zero attached hydrogens (tertiary/aromatic N) is 1. The van der Waals surface area contributed by atoms with Gasteiger partial charge in [-0.3, -0.25) is 9.59 Å². The average molecular weight is 542 g/mol. The first-order valence-electron chi connectivity index (χ1n) is 13.0. The van der Waals surface area contributed by atoms with Gasteiger partial charge in [-0.05, 0) is 70.1 Å². The number of carbonyl (C=O) groups excluding carboxylic acids is 3. The molecule has 0 saturated heterocycles. The van der Waals surface area contributed by atoms with Crippen molar-refractivity contribution in [2.75, 3.05) is 12.0 Å². The molecule has 2 aromatic rings. The number of nitrogens with one attached hydrogen (secondary N) is 2. The number of para-hydroxylation sites is 1. The van der Waals surface area contributed by atoms with Gasteiger partial charge in [-0.1, -0.05) is 48.5 Å². The number of carbonyl (C=O) groups is 3. The summed E-state index contributed by atoms with van der Waals surface area (Å²) < 4.78 is 5.43. The summed E-state index contributed by atoms with van der Waals surface area (Å²) in [5, 5.41) is 16.5. The van der Waals surface area contributed by atoms with Gasteiger partial charge in [-0.2, -0.15) is 11.8 Å². The van der Waals surface area contributed by atoms with Gasteiger partial charge >= 0.3 is 6.09 Å². The molecular formula is C29H39N3O5S. The summed E-state index contributed by atoms with van der Waals surface area (Å²) in [5.74, 6) is -0.189. The van der Waals surface area contributed by atoms with Gasteiger partial charge in [-0.15, -0.1) is 0 Å². The minimum absolute atomic E-state index is 0.0646. The Kier molecular flexibility index (Phi) is 10.5. The van der Waals surface area contributed by atoms with Gasteiger partial charge < -0.3 is 25.4 Å². The average Bonchev–Trinajstić information content (AvgIpc) is 2.84. The van der Waals surface area contributed by atoms with Crippen LogP contribution in [0, 0.1) is 0 Å². The molecule has 0 radical (unpaired) electrons. The van der Waals surface area contributed by atoms with Crippen LogP contribution < -0.4 is 10.6 Å². The predicted molar refractivity (Wildman–Crippen MR) is 150 cm³/mol. The number of ether oxygens (including phenoxy) is 1. The largest absolute Gasteiger partial charge is 0.508 e. The van der Waals surface area contributed by atoms with Crippen LogP contribution in [0.4, 0.5) is 4.79 Å². The number of phenols is 1. The second-order valence-electron chi connectivity index (χ2n) is 10.5. The van der Waals surface area contributed by atoms with E-state index in [2.05, 4.69) is 10.6 Å². The second kappa shape index (κ2) is 13.6. The molecule has 8 nitrogen and oxygen atoms in total. The zero-order chi connectivity index (χ0) is 27.7. The molecule has 2 atom stereocenters. The van der Waals surface area contributed by atoms with Crippen LogP contribution in [0.2, 0.25) is 0 Å². The van der Waals surface area contributed by atoms with Gasteiger partial charge in [0.2, 0.25) is 11.8 Å². The van der Waals surface area contributed by atoms with E-state index in [9.17, 15) is 19.5 Å². The van der Waals surface area contributed by atoms with Crippen LogP contribution in [0.1, 0.15) is 63.6 Å². The van der Waals surface area contributed by atoms with Crippen LogP contribution in [-0.4, -0.2) is 57.6 Å². The molecule has 3 rings (SSSR count).